The fourth-order valence-corrected chi connectivity index (χ4v) is 5.90. The van der Waals surface area contributed by atoms with Gasteiger partial charge >= 0.3 is 0 Å². The molecule has 0 heterocycles. The maximum atomic E-state index is 2.52. The second-order valence-corrected chi connectivity index (χ2v) is 7.59. The number of thioether (sulfide) groups is 1. The van der Waals surface area contributed by atoms with E-state index in [1.807, 2.05) is 12.5 Å². The molecule has 7 unspecified atom stereocenters. The van der Waals surface area contributed by atoms with Crippen molar-refractivity contribution in [1.29, 1.82) is 0 Å². The molecular formula is C15H26S. The molecule has 0 N–H and O–H groups in total. The van der Waals surface area contributed by atoms with Crippen molar-refractivity contribution in [3.8, 4) is 0 Å². The van der Waals surface area contributed by atoms with Gasteiger partial charge in [-0.25, -0.2) is 0 Å². The number of hydrogen-bond donors (Lipinski definition) is 0. The first-order valence-corrected chi connectivity index (χ1v) is 8.79. The minimum atomic E-state index is 1.09. The van der Waals surface area contributed by atoms with E-state index in [-0.39, 0.29) is 0 Å². The summed E-state index contributed by atoms with van der Waals surface area (Å²) < 4.78 is 0. The molecule has 0 aromatic carbocycles. The molecule has 0 aliphatic heterocycles. The second kappa shape index (κ2) is 4.23. The van der Waals surface area contributed by atoms with E-state index in [0.717, 1.165) is 5.92 Å². The minimum Gasteiger partial charge on any atom is -0.169 e. The van der Waals surface area contributed by atoms with Gasteiger partial charge in [0.05, 0.1) is 0 Å². The third-order valence-corrected chi connectivity index (χ3v) is 6.07. The van der Waals surface area contributed by atoms with Crippen LogP contribution in [0.15, 0.2) is 0 Å². The molecule has 4 fully saturated rings. The SMILES string of the molecule is CC1CC2CC1C1C3CCC(C3)C21.CSC. The van der Waals surface area contributed by atoms with Crippen LogP contribution in [-0.2, 0) is 0 Å². The van der Waals surface area contributed by atoms with E-state index in [9.17, 15) is 0 Å². The van der Waals surface area contributed by atoms with Crippen LogP contribution in [0, 0.1) is 41.4 Å². The van der Waals surface area contributed by atoms with Crippen LogP contribution in [0.4, 0.5) is 0 Å². The van der Waals surface area contributed by atoms with Crippen LogP contribution in [-0.4, -0.2) is 12.5 Å². The van der Waals surface area contributed by atoms with Gasteiger partial charge in [0.2, 0.25) is 0 Å². The Morgan fingerprint density at radius 3 is 2.12 bits per heavy atom. The van der Waals surface area contributed by atoms with Crippen molar-refractivity contribution >= 4 is 11.8 Å². The molecule has 0 saturated heterocycles. The summed E-state index contributed by atoms with van der Waals surface area (Å²) in [5, 5.41) is 0. The summed E-state index contributed by atoms with van der Waals surface area (Å²) in [6, 6.07) is 0. The zero-order chi connectivity index (χ0) is 11.3. The number of fused-ring (bicyclic) bond motifs is 9. The van der Waals surface area contributed by atoms with E-state index >= 15 is 0 Å². The molecule has 0 radical (unpaired) electrons. The Bertz CT molecular complexity index is 262. The van der Waals surface area contributed by atoms with Crippen molar-refractivity contribution in [2.75, 3.05) is 12.5 Å². The van der Waals surface area contributed by atoms with Crippen LogP contribution in [0.2, 0.25) is 0 Å². The second-order valence-electron chi connectivity index (χ2n) is 6.77. The molecule has 1 heteroatoms. The van der Waals surface area contributed by atoms with E-state index in [1.54, 1.807) is 43.9 Å². The van der Waals surface area contributed by atoms with Crippen LogP contribution in [0.5, 0.6) is 0 Å². The van der Waals surface area contributed by atoms with Gasteiger partial charge in [-0.3, -0.25) is 0 Å². The highest BCUT2D eigenvalue weighted by Gasteiger charge is 2.61. The molecule has 0 amide bonds. The monoisotopic (exact) mass is 238 g/mol. The highest BCUT2D eigenvalue weighted by atomic mass is 32.2. The Kier molecular flexibility index (Phi) is 3.02. The van der Waals surface area contributed by atoms with Gasteiger partial charge in [0.25, 0.3) is 0 Å². The molecule has 16 heavy (non-hydrogen) atoms. The normalized spacial score (nSPS) is 56.1. The van der Waals surface area contributed by atoms with E-state index in [2.05, 4.69) is 6.92 Å². The molecule has 4 aliphatic rings. The van der Waals surface area contributed by atoms with Crippen molar-refractivity contribution in [2.45, 2.75) is 39.0 Å². The van der Waals surface area contributed by atoms with Gasteiger partial charge in [-0.1, -0.05) is 6.92 Å². The summed E-state index contributed by atoms with van der Waals surface area (Å²) in [4.78, 5) is 0. The van der Waals surface area contributed by atoms with Gasteiger partial charge in [-0.15, -0.1) is 0 Å². The maximum absolute atomic E-state index is 2.52. The summed E-state index contributed by atoms with van der Waals surface area (Å²) in [7, 11) is 0. The first-order valence-electron chi connectivity index (χ1n) is 7.16. The topological polar surface area (TPSA) is 0 Å². The molecule has 4 bridgehead atoms. The summed E-state index contributed by atoms with van der Waals surface area (Å²) in [5.41, 5.74) is 0. The van der Waals surface area contributed by atoms with Gasteiger partial charge in [0.1, 0.15) is 0 Å². The largest absolute Gasteiger partial charge is 0.169 e. The molecule has 92 valence electrons. The fourth-order valence-electron chi connectivity index (χ4n) is 5.90. The summed E-state index contributed by atoms with van der Waals surface area (Å²) >= 11 is 1.75. The van der Waals surface area contributed by atoms with E-state index in [4.69, 9.17) is 0 Å². The standard InChI is InChI=1S/C13H20.C2H6S/c1-7-4-10-6-11(7)13-9-3-2-8(5-9)12(10)13;1-3-2/h7-13H,2-6H2,1H3;1-2H3. The molecule has 0 spiro atoms. The van der Waals surface area contributed by atoms with E-state index in [0.29, 0.717) is 0 Å². The van der Waals surface area contributed by atoms with Crippen molar-refractivity contribution in [2.24, 2.45) is 41.4 Å². The van der Waals surface area contributed by atoms with E-state index in [1.165, 1.54) is 35.5 Å². The smallest absolute Gasteiger partial charge is 0.0187 e. The number of rotatable bonds is 0. The molecule has 7 atom stereocenters. The average Bonchev–Trinajstić information content (AvgIpc) is 2.94. The predicted octanol–water partition coefficient (Wildman–Crippen LogP) is 4.30. The molecular weight excluding hydrogens is 212 g/mol. The van der Waals surface area contributed by atoms with Crippen LogP contribution in [0.1, 0.15) is 39.0 Å². The van der Waals surface area contributed by atoms with Crippen LogP contribution in [0.25, 0.3) is 0 Å². The van der Waals surface area contributed by atoms with Crippen molar-refractivity contribution in [3.63, 3.8) is 0 Å². The highest BCUT2D eigenvalue weighted by Crippen LogP contribution is 2.68. The Balaban J connectivity index is 0.000000247. The quantitative estimate of drug-likeness (QED) is 0.567. The van der Waals surface area contributed by atoms with Crippen LogP contribution in [0.3, 0.4) is 0 Å². The Morgan fingerprint density at radius 1 is 0.812 bits per heavy atom. The zero-order valence-corrected chi connectivity index (χ0v) is 11.8. The molecule has 0 aromatic rings. The Hall–Kier alpha value is 0.350. The molecule has 0 nitrogen and oxygen atoms in total. The minimum absolute atomic E-state index is 1.09. The lowest BCUT2D eigenvalue weighted by Gasteiger charge is -2.37. The molecule has 0 aromatic heterocycles. The van der Waals surface area contributed by atoms with Gasteiger partial charge < -0.3 is 0 Å². The fraction of sp³-hybridized carbons (Fsp3) is 1.00. The predicted molar refractivity (Wildman–Crippen MR) is 72.6 cm³/mol. The van der Waals surface area contributed by atoms with Gasteiger partial charge in [0, 0.05) is 0 Å². The summed E-state index contributed by atoms with van der Waals surface area (Å²) in [6.07, 6.45) is 12.1. The van der Waals surface area contributed by atoms with Crippen LogP contribution < -0.4 is 0 Å². The van der Waals surface area contributed by atoms with Crippen molar-refractivity contribution < 1.29 is 0 Å². The third-order valence-electron chi connectivity index (χ3n) is 6.07. The van der Waals surface area contributed by atoms with Gasteiger partial charge in [0.15, 0.2) is 0 Å². The van der Waals surface area contributed by atoms with Crippen LogP contribution >= 0.6 is 11.8 Å². The molecule has 4 rings (SSSR count). The zero-order valence-electron chi connectivity index (χ0n) is 11.0. The summed E-state index contributed by atoms with van der Waals surface area (Å²) in [5.74, 6) is 8.26. The highest BCUT2D eigenvalue weighted by molar-refractivity contribution is 7.97. The maximum Gasteiger partial charge on any atom is -0.0187 e. The van der Waals surface area contributed by atoms with Crippen molar-refractivity contribution in [3.05, 3.63) is 0 Å². The Labute approximate surface area is 105 Å². The summed E-state index contributed by atoms with van der Waals surface area (Å²) in [6.45, 7) is 2.52. The first kappa shape index (κ1) is 11.4. The lowest BCUT2D eigenvalue weighted by molar-refractivity contribution is 0.112. The number of hydrogen-bond acceptors (Lipinski definition) is 1. The average molecular weight is 238 g/mol. The third kappa shape index (κ3) is 1.50. The lowest BCUT2D eigenvalue weighted by atomic mass is 9.68. The van der Waals surface area contributed by atoms with Crippen molar-refractivity contribution in [1.82, 2.24) is 0 Å². The molecule has 4 saturated carbocycles. The van der Waals surface area contributed by atoms with Gasteiger partial charge in [-0.05, 0) is 86.0 Å². The first-order chi connectivity index (χ1) is 7.76. The lowest BCUT2D eigenvalue weighted by Crippen LogP contribution is -2.31. The van der Waals surface area contributed by atoms with Gasteiger partial charge in [-0.2, -0.15) is 11.8 Å². The van der Waals surface area contributed by atoms with E-state index < -0.39 is 0 Å². The molecule has 4 aliphatic carbocycles. The Morgan fingerprint density at radius 2 is 1.44 bits per heavy atom.